The molecule has 2 aliphatic carbocycles. The van der Waals surface area contributed by atoms with Crippen LogP contribution in [-0.2, 0) is 4.74 Å². The van der Waals surface area contributed by atoms with Crippen molar-refractivity contribution in [3.63, 3.8) is 0 Å². The number of ether oxygens (including phenoxy) is 1. The zero-order chi connectivity index (χ0) is 12.0. The molecule has 0 aliphatic heterocycles. The average Bonchev–Trinajstić information content (AvgIpc) is 3.18. The number of rotatable bonds is 8. The molecule has 2 heteroatoms. The molecule has 0 radical (unpaired) electrons. The number of unbranched alkanes of at least 4 members (excludes halogenated alkanes) is 1. The van der Waals surface area contributed by atoms with Crippen LogP contribution in [0.2, 0.25) is 0 Å². The molecule has 0 unspecified atom stereocenters. The lowest BCUT2D eigenvalue weighted by Gasteiger charge is -2.38. The molecular weight excluding hydrogens is 210 g/mol. The maximum absolute atomic E-state index is 5.16. The van der Waals surface area contributed by atoms with Gasteiger partial charge in [0.15, 0.2) is 0 Å². The van der Waals surface area contributed by atoms with Gasteiger partial charge in [0, 0.05) is 26.3 Å². The molecule has 0 atom stereocenters. The van der Waals surface area contributed by atoms with Gasteiger partial charge in [0.25, 0.3) is 0 Å². The molecule has 2 rings (SSSR count). The highest BCUT2D eigenvalue weighted by Crippen LogP contribution is 2.40. The topological polar surface area (TPSA) is 21.3 Å². The van der Waals surface area contributed by atoms with Crippen LogP contribution in [0.3, 0.4) is 0 Å². The summed E-state index contributed by atoms with van der Waals surface area (Å²) in [5.74, 6) is 0. The fourth-order valence-electron chi connectivity index (χ4n) is 3.21. The van der Waals surface area contributed by atoms with E-state index in [-0.39, 0.29) is 0 Å². The number of nitrogens with one attached hydrogen (secondary N) is 1. The summed E-state index contributed by atoms with van der Waals surface area (Å²) in [7, 11) is 1.81. The van der Waals surface area contributed by atoms with Gasteiger partial charge in [-0.25, -0.2) is 0 Å². The predicted molar refractivity (Wildman–Crippen MR) is 72.3 cm³/mol. The highest BCUT2D eigenvalue weighted by Gasteiger charge is 2.33. The molecule has 2 nitrogen and oxygen atoms in total. The number of methoxy groups -OCH3 is 1. The lowest BCUT2D eigenvalue weighted by molar-refractivity contribution is 0.146. The summed E-state index contributed by atoms with van der Waals surface area (Å²) >= 11 is 0. The van der Waals surface area contributed by atoms with Crippen molar-refractivity contribution in [1.29, 1.82) is 0 Å². The molecular formula is C15H29NO. The van der Waals surface area contributed by atoms with Crippen LogP contribution in [0.25, 0.3) is 0 Å². The average molecular weight is 239 g/mol. The van der Waals surface area contributed by atoms with Gasteiger partial charge in [0.1, 0.15) is 0 Å². The zero-order valence-corrected chi connectivity index (χ0v) is 11.5. The zero-order valence-electron chi connectivity index (χ0n) is 11.5. The van der Waals surface area contributed by atoms with Gasteiger partial charge in [0.2, 0.25) is 0 Å². The molecule has 2 aliphatic rings. The Balaban J connectivity index is 1.73. The van der Waals surface area contributed by atoms with E-state index in [0.29, 0.717) is 5.41 Å². The summed E-state index contributed by atoms with van der Waals surface area (Å²) in [5.41, 5.74) is 0.634. The second kappa shape index (κ2) is 6.75. The molecule has 17 heavy (non-hydrogen) atoms. The molecule has 2 saturated carbocycles. The van der Waals surface area contributed by atoms with E-state index in [0.717, 1.165) is 12.6 Å². The summed E-state index contributed by atoms with van der Waals surface area (Å²) < 4.78 is 5.16. The van der Waals surface area contributed by atoms with E-state index >= 15 is 0 Å². The molecule has 0 aromatic carbocycles. The molecule has 100 valence electrons. The van der Waals surface area contributed by atoms with Crippen LogP contribution in [0.15, 0.2) is 0 Å². The minimum atomic E-state index is 0.634. The van der Waals surface area contributed by atoms with E-state index < -0.39 is 0 Å². The minimum absolute atomic E-state index is 0.634. The Labute approximate surface area is 107 Å². The van der Waals surface area contributed by atoms with Crippen molar-refractivity contribution in [3.8, 4) is 0 Å². The second-order valence-corrected chi connectivity index (χ2v) is 6.17. The van der Waals surface area contributed by atoms with Crippen LogP contribution in [0, 0.1) is 5.41 Å². The summed E-state index contributed by atoms with van der Waals surface area (Å²) in [6.07, 6.45) is 14.1. The maximum Gasteiger partial charge on any atom is 0.0462 e. The largest absolute Gasteiger partial charge is 0.385 e. The fraction of sp³-hybridized carbons (Fsp3) is 1.00. The third kappa shape index (κ3) is 4.59. The van der Waals surface area contributed by atoms with Gasteiger partial charge in [-0.05, 0) is 43.9 Å². The summed E-state index contributed by atoms with van der Waals surface area (Å²) in [6, 6.07) is 0.868. The van der Waals surface area contributed by atoms with Crippen molar-refractivity contribution in [1.82, 2.24) is 5.32 Å². The molecule has 0 aromatic heterocycles. The molecule has 0 bridgehead atoms. The Morgan fingerprint density at radius 1 is 1.12 bits per heavy atom. The Kier molecular flexibility index (Phi) is 5.30. The molecule has 1 N–H and O–H groups in total. The highest BCUT2D eigenvalue weighted by molar-refractivity contribution is 4.89. The predicted octanol–water partition coefficient (Wildman–Crippen LogP) is 3.51. The molecule has 0 amide bonds. The van der Waals surface area contributed by atoms with Gasteiger partial charge < -0.3 is 10.1 Å². The first kappa shape index (κ1) is 13.4. The van der Waals surface area contributed by atoms with Gasteiger partial charge in [-0.15, -0.1) is 0 Å². The Morgan fingerprint density at radius 3 is 2.53 bits per heavy atom. The van der Waals surface area contributed by atoms with Crippen molar-refractivity contribution < 1.29 is 4.74 Å². The highest BCUT2D eigenvalue weighted by atomic mass is 16.5. The van der Waals surface area contributed by atoms with Crippen molar-refractivity contribution in [2.45, 2.75) is 70.3 Å². The van der Waals surface area contributed by atoms with Crippen LogP contribution in [-0.4, -0.2) is 26.3 Å². The van der Waals surface area contributed by atoms with Crippen molar-refractivity contribution >= 4 is 0 Å². The summed E-state index contributed by atoms with van der Waals surface area (Å²) in [4.78, 5) is 0. The number of hydrogen-bond acceptors (Lipinski definition) is 2. The third-order valence-corrected chi connectivity index (χ3v) is 4.56. The van der Waals surface area contributed by atoms with Crippen LogP contribution >= 0.6 is 0 Å². The van der Waals surface area contributed by atoms with Gasteiger partial charge in [-0.2, -0.15) is 0 Å². The summed E-state index contributed by atoms with van der Waals surface area (Å²) in [6.45, 7) is 2.22. The third-order valence-electron chi connectivity index (χ3n) is 4.56. The molecule has 0 saturated heterocycles. The number of hydrogen-bond donors (Lipinski definition) is 1. The fourth-order valence-corrected chi connectivity index (χ4v) is 3.21. The molecule has 2 fully saturated rings. The van der Waals surface area contributed by atoms with Crippen LogP contribution in [0.4, 0.5) is 0 Å². The van der Waals surface area contributed by atoms with E-state index in [9.17, 15) is 0 Å². The lowest BCUT2D eigenvalue weighted by Crippen LogP contribution is -2.37. The maximum atomic E-state index is 5.16. The van der Waals surface area contributed by atoms with Crippen molar-refractivity contribution in [2.24, 2.45) is 5.41 Å². The normalized spacial score (nSPS) is 23.8. The van der Waals surface area contributed by atoms with E-state index in [1.807, 2.05) is 7.11 Å². The first-order chi connectivity index (χ1) is 8.35. The van der Waals surface area contributed by atoms with E-state index in [4.69, 9.17) is 4.74 Å². The Hall–Kier alpha value is -0.0800. The Morgan fingerprint density at radius 2 is 1.88 bits per heavy atom. The van der Waals surface area contributed by atoms with Crippen LogP contribution < -0.4 is 5.32 Å². The SMILES string of the molecule is COCCCCC1(CNC2CC2)CCCCC1. The van der Waals surface area contributed by atoms with Gasteiger partial charge in [-0.3, -0.25) is 0 Å². The quantitative estimate of drug-likeness (QED) is 0.655. The van der Waals surface area contributed by atoms with Gasteiger partial charge >= 0.3 is 0 Å². The first-order valence-electron chi connectivity index (χ1n) is 7.57. The van der Waals surface area contributed by atoms with Crippen molar-refractivity contribution in [3.05, 3.63) is 0 Å². The minimum Gasteiger partial charge on any atom is -0.385 e. The molecule has 0 heterocycles. The first-order valence-corrected chi connectivity index (χ1v) is 7.57. The van der Waals surface area contributed by atoms with E-state index in [2.05, 4.69) is 5.32 Å². The van der Waals surface area contributed by atoms with Gasteiger partial charge in [0.05, 0.1) is 0 Å². The smallest absolute Gasteiger partial charge is 0.0462 e. The van der Waals surface area contributed by atoms with Crippen LogP contribution in [0.5, 0.6) is 0 Å². The van der Waals surface area contributed by atoms with Crippen LogP contribution in [0.1, 0.15) is 64.2 Å². The van der Waals surface area contributed by atoms with Gasteiger partial charge in [-0.1, -0.05) is 25.7 Å². The van der Waals surface area contributed by atoms with Crippen molar-refractivity contribution in [2.75, 3.05) is 20.3 Å². The Bertz CT molecular complexity index is 207. The lowest BCUT2D eigenvalue weighted by atomic mass is 9.71. The summed E-state index contributed by atoms with van der Waals surface area (Å²) in [5, 5.41) is 3.78. The molecule has 0 aromatic rings. The molecule has 0 spiro atoms. The standard InChI is InChI=1S/C15H29NO/c1-17-12-6-5-11-15(9-3-2-4-10-15)13-16-14-7-8-14/h14,16H,2-13H2,1H3. The van der Waals surface area contributed by atoms with E-state index in [1.54, 1.807) is 0 Å². The van der Waals surface area contributed by atoms with E-state index in [1.165, 1.54) is 70.8 Å². The monoisotopic (exact) mass is 239 g/mol. The second-order valence-electron chi connectivity index (χ2n) is 6.17.